The Balaban J connectivity index is 1.90. The molecule has 0 aliphatic carbocycles. The molecule has 1 fully saturated rings. The lowest BCUT2D eigenvalue weighted by Crippen LogP contribution is -2.46. The molecule has 0 unspecified atom stereocenters. The summed E-state index contributed by atoms with van der Waals surface area (Å²) in [6.07, 6.45) is 4.10. The molecule has 1 amide bonds. The number of hydrogen-bond acceptors (Lipinski definition) is 2. The molecule has 2 rings (SSSR count). The summed E-state index contributed by atoms with van der Waals surface area (Å²) in [5.74, 6) is 0.105. The molecule has 1 saturated heterocycles. The number of amides is 1. The predicted octanol–water partition coefficient (Wildman–Crippen LogP) is 1.57. The Morgan fingerprint density at radius 1 is 1.18 bits per heavy atom. The van der Waals surface area contributed by atoms with Crippen molar-refractivity contribution < 1.29 is 4.79 Å². The van der Waals surface area contributed by atoms with Gasteiger partial charge in [-0.25, -0.2) is 0 Å². The lowest BCUT2D eigenvalue weighted by molar-refractivity contribution is -0.133. The van der Waals surface area contributed by atoms with E-state index < -0.39 is 6.04 Å². The second kappa shape index (κ2) is 5.82. The first-order valence-electron chi connectivity index (χ1n) is 6.35. The van der Waals surface area contributed by atoms with Gasteiger partial charge in [0.15, 0.2) is 0 Å². The molecule has 1 atom stereocenters. The molecule has 0 aromatic heterocycles. The van der Waals surface area contributed by atoms with Crippen LogP contribution in [0.4, 0.5) is 0 Å². The van der Waals surface area contributed by atoms with Crippen LogP contribution in [0, 0.1) is 0 Å². The van der Waals surface area contributed by atoms with Gasteiger partial charge in [0.25, 0.3) is 0 Å². The fraction of sp³-hybridized carbons (Fsp3) is 0.500. The zero-order valence-corrected chi connectivity index (χ0v) is 10.1. The van der Waals surface area contributed by atoms with Crippen molar-refractivity contribution in [2.24, 2.45) is 5.73 Å². The van der Waals surface area contributed by atoms with Gasteiger partial charge in [-0.05, 0) is 31.2 Å². The summed E-state index contributed by atoms with van der Waals surface area (Å²) in [5.41, 5.74) is 7.12. The van der Waals surface area contributed by atoms with E-state index in [-0.39, 0.29) is 5.91 Å². The van der Waals surface area contributed by atoms with Crippen molar-refractivity contribution in [3.63, 3.8) is 0 Å². The standard InChI is InChI=1S/C14H20N2O/c15-13(11-12-7-3-1-4-8-12)14(17)16-9-5-2-6-10-16/h1,3-4,7-8,13H,2,5-6,9-11,15H2/t13-/m0/s1. The van der Waals surface area contributed by atoms with E-state index >= 15 is 0 Å². The van der Waals surface area contributed by atoms with Gasteiger partial charge in [0.1, 0.15) is 0 Å². The fourth-order valence-electron chi connectivity index (χ4n) is 2.30. The first-order chi connectivity index (χ1) is 8.27. The molecule has 1 heterocycles. The second-order valence-electron chi connectivity index (χ2n) is 4.68. The topological polar surface area (TPSA) is 46.3 Å². The van der Waals surface area contributed by atoms with Crippen molar-refractivity contribution in [1.82, 2.24) is 4.90 Å². The zero-order valence-electron chi connectivity index (χ0n) is 10.1. The van der Waals surface area contributed by atoms with E-state index in [9.17, 15) is 4.79 Å². The normalized spacial score (nSPS) is 17.8. The smallest absolute Gasteiger partial charge is 0.239 e. The minimum absolute atomic E-state index is 0.105. The van der Waals surface area contributed by atoms with Crippen molar-refractivity contribution in [3.8, 4) is 0 Å². The summed E-state index contributed by atoms with van der Waals surface area (Å²) in [4.78, 5) is 14.0. The molecule has 17 heavy (non-hydrogen) atoms. The van der Waals surface area contributed by atoms with Crippen LogP contribution in [0.2, 0.25) is 0 Å². The summed E-state index contributed by atoms with van der Waals surface area (Å²) in [5, 5.41) is 0. The fourth-order valence-corrected chi connectivity index (χ4v) is 2.30. The third-order valence-corrected chi connectivity index (χ3v) is 3.28. The molecule has 1 aliphatic heterocycles. The quantitative estimate of drug-likeness (QED) is 0.860. The molecule has 92 valence electrons. The van der Waals surface area contributed by atoms with Gasteiger partial charge >= 0.3 is 0 Å². The van der Waals surface area contributed by atoms with Crippen molar-refractivity contribution >= 4 is 5.91 Å². The SMILES string of the molecule is N[C@@H](Cc1ccccc1)C(=O)N1CCCCC1. The highest BCUT2D eigenvalue weighted by Crippen LogP contribution is 2.11. The summed E-state index contributed by atoms with van der Waals surface area (Å²) >= 11 is 0. The third-order valence-electron chi connectivity index (χ3n) is 3.28. The average Bonchev–Trinajstić information content (AvgIpc) is 2.40. The van der Waals surface area contributed by atoms with Crippen LogP contribution in [0.15, 0.2) is 30.3 Å². The molecule has 1 aliphatic rings. The van der Waals surface area contributed by atoms with E-state index in [1.807, 2.05) is 35.2 Å². The van der Waals surface area contributed by atoms with Gasteiger partial charge in [0.2, 0.25) is 5.91 Å². The van der Waals surface area contributed by atoms with Gasteiger partial charge in [-0.2, -0.15) is 0 Å². The second-order valence-corrected chi connectivity index (χ2v) is 4.68. The minimum Gasteiger partial charge on any atom is -0.341 e. The number of likely N-dealkylation sites (tertiary alicyclic amines) is 1. The molecule has 0 spiro atoms. The molecule has 3 nitrogen and oxygen atoms in total. The first-order valence-corrected chi connectivity index (χ1v) is 6.35. The molecule has 2 N–H and O–H groups in total. The van der Waals surface area contributed by atoms with E-state index in [0.29, 0.717) is 6.42 Å². The summed E-state index contributed by atoms with van der Waals surface area (Å²) in [6.45, 7) is 1.75. The van der Waals surface area contributed by atoms with Gasteiger partial charge in [-0.1, -0.05) is 30.3 Å². The number of nitrogens with zero attached hydrogens (tertiary/aromatic N) is 1. The maximum atomic E-state index is 12.1. The van der Waals surface area contributed by atoms with Gasteiger partial charge in [-0.15, -0.1) is 0 Å². The van der Waals surface area contributed by atoms with Gasteiger partial charge in [0, 0.05) is 13.1 Å². The number of carbonyl (C=O) groups is 1. The number of piperidine rings is 1. The van der Waals surface area contributed by atoms with Crippen LogP contribution in [0.3, 0.4) is 0 Å². The van der Waals surface area contributed by atoms with Crippen LogP contribution in [-0.2, 0) is 11.2 Å². The number of carbonyl (C=O) groups excluding carboxylic acids is 1. The van der Waals surface area contributed by atoms with Crippen molar-refractivity contribution in [3.05, 3.63) is 35.9 Å². The van der Waals surface area contributed by atoms with Gasteiger partial charge < -0.3 is 10.6 Å². The Kier molecular flexibility index (Phi) is 4.15. The van der Waals surface area contributed by atoms with Crippen LogP contribution >= 0.6 is 0 Å². The first kappa shape index (κ1) is 12.1. The largest absolute Gasteiger partial charge is 0.341 e. The molecule has 0 bridgehead atoms. The van der Waals surface area contributed by atoms with Gasteiger partial charge in [0.05, 0.1) is 6.04 Å². The Morgan fingerprint density at radius 3 is 2.47 bits per heavy atom. The number of hydrogen-bond donors (Lipinski definition) is 1. The molecule has 0 radical (unpaired) electrons. The lowest BCUT2D eigenvalue weighted by Gasteiger charge is -2.29. The van der Waals surface area contributed by atoms with Crippen LogP contribution in [0.1, 0.15) is 24.8 Å². The van der Waals surface area contributed by atoms with E-state index in [1.54, 1.807) is 0 Å². The molecule has 1 aromatic carbocycles. The molecule has 1 aromatic rings. The van der Waals surface area contributed by atoms with Crippen molar-refractivity contribution in [2.75, 3.05) is 13.1 Å². The van der Waals surface area contributed by atoms with Gasteiger partial charge in [-0.3, -0.25) is 4.79 Å². The molecular formula is C14H20N2O. The maximum Gasteiger partial charge on any atom is 0.239 e. The van der Waals surface area contributed by atoms with E-state index in [2.05, 4.69) is 0 Å². The minimum atomic E-state index is -0.393. The van der Waals surface area contributed by atoms with Crippen LogP contribution in [-0.4, -0.2) is 29.9 Å². The highest BCUT2D eigenvalue weighted by Gasteiger charge is 2.22. The maximum absolute atomic E-state index is 12.1. The van der Waals surface area contributed by atoms with Crippen molar-refractivity contribution in [1.29, 1.82) is 0 Å². The number of benzene rings is 1. The summed E-state index contributed by atoms with van der Waals surface area (Å²) in [6, 6.07) is 9.57. The Hall–Kier alpha value is -1.35. The monoisotopic (exact) mass is 232 g/mol. The highest BCUT2D eigenvalue weighted by molar-refractivity contribution is 5.82. The summed E-state index contributed by atoms with van der Waals surface area (Å²) < 4.78 is 0. The van der Waals surface area contributed by atoms with Crippen LogP contribution < -0.4 is 5.73 Å². The Morgan fingerprint density at radius 2 is 1.82 bits per heavy atom. The Bertz CT molecular complexity index is 358. The van der Waals surface area contributed by atoms with E-state index in [1.165, 1.54) is 6.42 Å². The molecule has 3 heteroatoms. The van der Waals surface area contributed by atoms with Crippen LogP contribution in [0.25, 0.3) is 0 Å². The van der Waals surface area contributed by atoms with Crippen LogP contribution in [0.5, 0.6) is 0 Å². The number of rotatable bonds is 3. The lowest BCUT2D eigenvalue weighted by atomic mass is 10.0. The predicted molar refractivity (Wildman–Crippen MR) is 68.6 cm³/mol. The third kappa shape index (κ3) is 3.30. The van der Waals surface area contributed by atoms with E-state index in [4.69, 9.17) is 5.73 Å². The highest BCUT2D eigenvalue weighted by atomic mass is 16.2. The van der Waals surface area contributed by atoms with E-state index in [0.717, 1.165) is 31.5 Å². The summed E-state index contributed by atoms with van der Waals surface area (Å²) in [7, 11) is 0. The average molecular weight is 232 g/mol. The Labute approximate surface area is 103 Å². The van der Waals surface area contributed by atoms with Crippen molar-refractivity contribution in [2.45, 2.75) is 31.7 Å². The molecular weight excluding hydrogens is 212 g/mol. The zero-order chi connectivity index (χ0) is 12.1. The number of nitrogens with two attached hydrogens (primary N) is 1. The molecule has 0 saturated carbocycles.